The van der Waals surface area contributed by atoms with Crippen molar-refractivity contribution >= 4 is 11.7 Å². The first-order valence-electron chi connectivity index (χ1n) is 9.80. The number of carbonyl (C=O) groups excluding carboxylic acids is 1. The predicted octanol–water partition coefficient (Wildman–Crippen LogP) is 1.70. The van der Waals surface area contributed by atoms with E-state index >= 15 is 0 Å². The number of aliphatic hydroxyl groups is 1. The van der Waals surface area contributed by atoms with Crippen LogP contribution in [0.4, 0.5) is 19.0 Å². The van der Waals surface area contributed by atoms with Gasteiger partial charge < -0.3 is 9.84 Å². The van der Waals surface area contributed by atoms with Crippen LogP contribution in [-0.4, -0.2) is 50.0 Å². The number of ether oxygens (including phenoxy) is 1. The highest BCUT2D eigenvalue weighted by Crippen LogP contribution is 2.42. The van der Waals surface area contributed by atoms with Gasteiger partial charge in [0.25, 0.3) is 0 Å². The van der Waals surface area contributed by atoms with E-state index < -0.39 is 30.5 Å². The van der Waals surface area contributed by atoms with Gasteiger partial charge in [0.1, 0.15) is 11.4 Å². The first-order chi connectivity index (χ1) is 14.5. The van der Waals surface area contributed by atoms with Gasteiger partial charge in [0.05, 0.1) is 30.5 Å². The topological polar surface area (TPSA) is 105 Å². The number of aromatic nitrogens is 4. The van der Waals surface area contributed by atoms with E-state index in [2.05, 4.69) is 20.4 Å². The molecule has 2 aromatic rings. The van der Waals surface area contributed by atoms with Crippen LogP contribution < -0.4 is 10.2 Å². The zero-order valence-corrected chi connectivity index (χ0v) is 17.3. The average molecular weight is 440 g/mol. The maximum Gasteiger partial charge on any atom is 0.392 e. The van der Waals surface area contributed by atoms with Gasteiger partial charge in [0.15, 0.2) is 12.1 Å². The molecular formula is C19H23F3N6O3. The van der Waals surface area contributed by atoms with E-state index in [1.807, 2.05) is 6.92 Å². The Hall–Kier alpha value is -2.57. The van der Waals surface area contributed by atoms with Gasteiger partial charge in [-0.3, -0.25) is 15.0 Å². The second kappa shape index (κ2) is 7.53. The third kappa shape index (κ3) is 4.14. The largest absolute Gasteiger partial charge is 0.392 e. The second-order valence-electron chi connectivity index (χ2n) is 8.09. The predicted molar refractivity (Wildman–Crippen MR) is 102 cm³/mol. The lowest BCUT2D eigenvalue weighted by molar-refractivity contribution is -0.185. The fourth-order valence-corrected chi connectivity index (χ4v) is 4.05. The summed E-state index contributed by atoms with van der Waals surface area (Å²) in [6, 6.07) is 1.04. The highest BCUT2D eigenvalue weighted by Gasteiger charge is 2.47. The van der Waals surface area contributed by atoms with Crippen LogP contribution >= 0.6 is 0 Å². The zero-order chi connectivity index (χ0) is 22.6. The highest BCUT2D eigenvalue weighted by atomic mass is 19.4. The number of nitrogens with one attached hydrogen (secondary N) is 1. The minimum atomic E-state index is -4.45. The molecule has 2 aliphatic heterocycles. The van der Waals surface area contributed by atoms with E-state index in [4.69, 9.17) is 4.74 Å². The first kappa shape index (κ1) is 21.7. The zero-order valence-electron chi connectivity index (χ0n) is 17.3. The molecule has 0 radical (unpaired) electrons. The Bertz CT molecular complexity index is 1010. The molecule has 31 heavy (non-hydrogen) atoms. The van der Waals surface area contributed by atoms with Crippen molar-refractivity contribution in [1.82, 2.24) is 25.1 Å². The molecule has 3 atom stereocenters. The van der Waals surface area contributed by atoms with Gasteiger partial charge in [-0.15, -0.1) is 0 Å². The lowest BCUT2D eigenvalue weighted by atomic mass is 9.96. The number of carbonyl (C=O) groups is 1. The minimum absolute atomic E-state index is 0.0392. The molecule has 4 rings (SSSR count). The second-order valence-corrected chi connectivity index (χ2v) is 8.09. The number of aryl methyl sites for hydroxylation is 2. The molecule has 4 heterocycles. The number of halogens is 3. The van der Waals surface area contributed by atoms with Crippen LogP contribution in [-0.2, 0) is 28.3 Å². The molecule has 12 heteroatoms. The lowest BCUT2D eigenvalue weighted by Crippen LogP contribution is -2.46. The number of likely N-dealkylation sites (N-methyl/N-ethyl adjacent to an activating group) is 1. The number of anilines is 1. The summed E-state index contributed by atoms with van der Waals surface area (Å²) in [6.45, 7) is 3.56. The standard InChI is InChI=1S/C19H23F3N6O3/c1-10-6-13-27(3)17(30)12(4-5-28(13)26-10)24-16(29)15-23-7-11-8-31-18(2,14(11)25-15)9-19(20,21)22/h6-7,12,16,24,29H,4-5,8-9H2,1-3H3/t12-,16?,18-/m0/s1. The Morgan fingerprint density at radius 1 is 1.45 bits per heavy atom. The van der Waals surface area contributed by atoms with Crippen LogP contribution in [0.1, 0.15) is 48.8 Å². The van der Waals surface area contributed by atoms with Crippen LogP contribution in [0, 0.1) is 6.92 Å². The molecule has 0 saturated carbocycles. The third-order valence-corrected chi connectivity index (χ3v) is 5.55. The number of hydrogen-bond acceptors (Lipinski definition) is 7. The van der Waals surface area contributed by atoms with Gasteiger partial charge in [0.2, 0.25) is 5.91 Å². The number of nitrogens with zero attached hydrogens (tertiary/aromatic N) is 5. The Labute approximate surface area is 176 Å². The van der Waals surface area contributed by atoms with Gasteiger partial charge >= 0.3 is 6.18 Å². The fraction of sp³-hybridized carbons (Fsp3) is 0.579. The molecule has 0 spiro atoms. The van der Waals surface area contributed by atoms with E-state index in [0.717, 1.165) is 5.69 Å². The molecule has 2 N–H and O–H groups in total. The molecule has 9 nitrogen and oxygen atoms in total. The molecule has 0 saturated heterocycles. The maximum atomic E-state index is 13.0. The van der Waals surface area contributed by atoms with Crippen molar-refractivity contribution in [3.63, 3.8) is 0 Å². The van der Waals surface area contributed by atoms with Crippen LogP contribution in [0.5, 0.6) is 0 Å². The third-order valence-electron chi connectivity index (χ3n) is 5.55. The van der Waals surface area contributed by atoms with Crippen molar-refractivity contribution in [3.05, 3.63) is 35.0 Å². The first-order valence-corrected chi connectivity index (χ1v) is 9.80. The molecule has 0 aliphatic carbocycles. The van der Waals surface area contributed by atoms with Gasteiger partial charge in [0, 0.05) is 31.4 Å². The molecule has 0 bridgehead atoms. The quantitative estimate of drug-likeness (QED) is 0.697. The summed E-state index contributed by atoms with van der Waals surface area (Å²) in [7, 11) is 1.62. The van der Waals surface area contributed by atoms with Crippen LogP contribution in [0.3, 0.4) is 0 Å². The summed E-state index contributed by atoms with van der Waals surface area (Å²) in [4.78, 5) is 22.5. The van der Waals surface area contributed by atoms with Crippen molar-refractivity contribution in [2.24, 2.45) is 0 Å². The van der Waals surface area contributed by atoms with Crippen molar-refractivity contribution in [2.45, 2.75) is 63.9 Å². The molecule has 0 aromatic carbocycles. The SMILES string of the molecule is Cc1cc2n(n1)CC[C@H](NC(O)c1ncc3c(n1)[C@](C)(CC(F)(F)F)OC3)C(=O)N2C. The number of amides is 1. The summed E-state index contributed by atoms with van der Waals surface area (Å²) in [6.07, 6.45) is -5.39. The van der Waals surface area contributed by atoms with E-state index in [1.165, 1.54) is 18.0 Å². The van der Waals surface area contributed by atoms with Crippen LogP contribution in [0.15, 0.2) is 12.3 Å². The number of fused-ring (bicyclic) bond motifs is 2. The van der Waals surface area contributed by atoms with Gasteiger partial charge in [-0.2, -0.15) is 18.3 Å². The monoisotopic (exact) mass is 440 g/mol. The van der Waals surface area contributed by atoms with Crippen LogP contribution in [0.2, 0.25) is 0 Å². The molecule has 168 valence electrons. The Morgan fingerprint density at radius 2 is 2.19 bits per heavy atom. The van der Waals surface area contributed by atoms with Crippen molar-refractivity contribution in [1.29, 1.82) is 0 Å². The molecule has 2 aliphatic rings. The summed E-state index contributed by atoms with van der Waals surface area (Å²) in [5.41, 5.74) is -0.336. The molecule has 1 amide bonds. The Balaban J connectivity index is 1.53. The smallest absolute Gasteiger partial charge is 0.371 e. The number of hydrogen-bond donors (Lipinski definition) is 2. The average Bonchev–Trinajstić information content (AvgIpc) is 3.19. The Morgan fingerprint density at radius 3 is 2.90 bits per heavy atom. The van der Waals surface area contributed by atoms with E-state index in [1.54, 1.807) is 17.8 Å². The Kier molecular flexibility index (Phi) is 5.26. The van der Waals surface area contributed by atoms with E-state index in [0.29, 0.717) is 24.3 Å². The summed E-state index contributed by atoms with van der Waals surface area (Å²) < 4.78 is 46.1. The number of rotatable bonds is 4. The minimum Gasteiger partial charge on any atom is -0.371 e. The van der Waals surface area contributed by atoms with Crippen molar-refractivity contribution in [2.75, 3.05) is 11.9 Å². The van der Waals surface area contributed by atoms with Gasteiger partial charge in [-0.1, -0.05) is 0 Å². The fourth-order valence-electron chi connectivity index (χ4n) is 4.05. The van der Waals surface area contributed by atoms with E-state index in [-0.39, 0.29) is 24.0 Å². The summed E-state index contributed by atoms with van der Waals surface area (Å²) >= 11 is 0. The van der Waals surface area contributed by atoms with Crippen LogP contribution in [0.25, 0.3) is 0 Å². The molecule has 1 unspecified atom stereocenters. The summed E-state index contributed by atoms with van der Waals surface area (Å²) in [5, 5.41) is 17.8. The van der Waals surface area contributed by atoms with Gasteiger partial charge in [-0.05, 0) is 20.3 Å². The molecule has 2 aromatic heterocycles. The van der Waals surface area contributed by atoms with E-state index in [9.17, 15) is 23.1 Å². The normalized spacial score (nSPS) is 24.7. The number of aliphatic hydroxyl groups excluding tert-OH is 1. The van der Waals surface area contributed by atoms with Crippen molar-refractivity contribution in [3.8, 4) is 0 Å². The maximum absolute atomic E-state index is 13.0. The lowest BCUT2D eigenvalue weighted by Gasteiger charge is -2.26. The molecular weight excluding hydrogens is 417 g/mol. The van der Waals surface area contributed by atoms with Crippen molar-refractivity contribution < 1.29 is 27.8 Å². The van der Waals surface area contributed by atoms with Gasteiger partial charge in [-0.25, -0.2) is 14.6 Å². The number of alkyl halides is 3. The summed E-state index contributed by atoms with van der Waals surface area (Å²) in [5.74, 6) is 0.255. The highest BCUT2D eigenvalue weighted by molar-refractivity contribution is 5.96. The molecule has 0 fully saturated rings.